The van der Waals surface area contributed by atoms with Gasteiger partial charge in [-0.15, -0.1) is 0 Å². The van der Waals surface area contributed by atoms with Crippen LogP contribution in [0.1, 0.15) is 31.2 Å². The van der Waals surface area contributed by atoms with Gasteiger partial charge >= 0.3 is 27.3 Å². The van der Waals surface area contributed by atoms with Crippen molar-refractivity contribution in [3.05, 3.63) is 29.8 Å². The summed E-state index contributed by atoms with van der Waals surface area (Å²) in [6, 6.07) is 5.89. The third kappa shape index (κ3) is 3.96. The molecule has 0 saturated heterocycles. The summed E-state index contributed by atoms with van der Waals surface area (Å²) in [7, 11) is -5.94. The Hall–Kier alpha value is -2.07. The van der Waals surface area contributed by atoms with Gasteiger partial charge in [0.05, 0.1) is 5.92 Å². The molecule has 0 heterocycles. The zero-order valence-electron chi connectivity index (χ0n) is 14.1. The fourth-order valence-electron chi connectivity index (χ4n) is 3.77. The van der Waals surface area contributed by atoms with Gasteiger partial charge in [0.1, 0.15) is 12.4 Å². The van der Waals surface area contributed by atoms with Crippen molar-refractivity contribution in [2.45, 2.75) is 37.5 Å². The van der Waals surface area contributed by atoms with Crippen molar-refractivity contribution in [1.82, 2.24) is 0 Å². The normalized spacial score (nSPS) is 24.6. The Bertz CT molecular complexity index is 853. The molecule has 3 rings (SSSR count). The fraction of sp³-hybridized carbons (Fsp3) is 0.529. The summed E-state index contributed by atoms with van der Waals surface area (Å²) in [6.45, 7) is -0.746. The molecule has 3 unspecified atom stereocenters. The average molecular weight is 404 g/mol. The van der Waals surface area contributed by atoms with Crippen molar-refractivity contribution < 1.29 is 40.8 Å². The maximum atomic E-state index is 13.2. The molecule has 2 saturated carbocycles. The van der Waals surface area contributed by atoms with Crippen LogP contribution in [-0.2, 0) is 31.1 Å². The quantitative estimate of drug-likeness (QED) is 0.441. The molecule has 1 aromatic carbocycles. The van der Waals surface area contributed by atoms with E-state index in [9.17, 15) is 26.8 Å². The van der Waals surface area contributed by atoms with E-state index in [0.29, 0.717) is 11.8 Å². The second-order valence-electron chi connectivity index (χ2n) is 6.88. The number of para-hydroxylation sites is 1. The Kier molecular flexibility index (Phi) is 5.22. The molecule has 10 heteroatoms. The molecule has 0 spiro atoms. The van der Waals surface area contributed by atoms with Crippen LogP contribution in [-0.4, -0.2) is 30.2 Å². The fourth-order valence-corrected chi connectivity index (χ4v) is 4.04. The van der Waals surface area contributed by atoms with Crippen molar-refractivity contribution in [2.75, 3.05) is 0 Å². The number of ether oxygens (including phenoxy) is 2. The number of carbonyl (C=O) groups is 2. The molecule has 2 aliphatic carbocycles. The topological polar surface area (TPSA) is 107 Å². The smallest absolute Gasteiger partial charge is 0.455 e. The third-order valence-electron chi connectivity index (χ3n) is 5.14. The maximum absolute atomic E-state index is 13.2. The van der Waals surface area contributed by atoms with Crippen LogP contribution in [0.25, 0.3) is 0 Å². The first kappa shape index (κ1) is 19.7. The molecule has 0 aliphatic heterocycles. The summed E-state index contributed by atoms with van der Waals surface area (Å²) < 4.78 is 65.7. The van der Waals surface area contributed by atoms with E-state index in [-0.39, 0.29) is 17.2 Å². The van der Waals surface area contributed by atoms with Gasteiger partial charge < -0.3 is 9.47 Å². The molecule has 2 fully saturated rings. The monoisotopic (exact) mass is 404 g/mol. The summed E-state index contributed by atoms with van der Waals surface area (Å²) in [4.78, 5) is 23.7. The molecule has 0 radical (unpaired) electrons. The molecule has 7 nitrogen and oxygen atoms in total. The number of hydrogen-bond acceptors (Lipinski definition) is 6. The Labute approximate surface area is 154 Å². The lowest BCUT2D eigenvalue weighted by Crippen LogP contribution is -2.38. The van der Waals surface area contributed by atoms with Crippen molar-refractivity contribution in [2.24, 2.45) is 17.8 Å². The van der Waals surface area contributed by atoms with Gasteiger partial charge in [0, 0.05) is 5.56 Å². The SMILES string of the molecule is O=C(Oc1ccccc1COC(=O)C(F)(F)S(=O)(=O)O)C1CC2CCC1C2. The van der Waals surface area contributed by atoms with Crippen molar-refractivity contribution in [1.29, 1.82) is 0 Å². The highest BCUT2D eigenvalue weighted by molar-refractivity contribution is 7.87. The zero-order valence-corrected chi connectivity index (χ0v) is 15.0. The van der Waals surface area contributed by atoms with Gasteiger partial charge in [-0.1, -0.05) is 24.6 Å². The second kappa shape index (κ2) is 7.16. The molecule has 1 aromatic rings. The highest BCUT2D eigenvalue weighted by Gasteiger charge is 2.54. The number of carbonyl (C=O) groups excluding carboxylic acids is 2. The molecule has 3 atom stereocenters. The van der Waals surface area contributed by atoms with Gasteiger partial charge in [-0.25, -0.2) is 4.79 Å². The number of rotatable bonds is 6. The number of alkyl halides is 2. The zero-order chi connectivity index (χ0) is 19.8. The predicted molar refractivity (Wildman–Crippen MR) is 87.3 cm³/mol. The number of esters is 2. The Morgan fingerprint density at radius 2 is 1.89 bits per heavy atom. The lowest BCUT2D eigenvalue weighted by Gasteiger charge is -2.20. The van der Waals surface area contributed by atoms with Crippen molar-refractivity contribution in [3.63, 3.8) is 0 Å². The molecular formula is C17H18F2O7S. The van der Waals surface area contributed by atoms with Crippen LogP contribution in [0.4, 0.5) is 8.78 Å². The first-order valence-corrected chi connectivity index (χ1v) is 9.85. The number of halogens is 2. The molecule has 0 amide bonds. The van der Waals surface area contributed by atoms with Crippen molar-refractivity contribution in [3.8, 4) is 5.75 Å². The number of benzene rings is 1. The first-order chi connectivity index (χ1) is 12.6. The van der Waals surface area contributed by atoms with E-state index in [1.165, 1.54) is 18.2 Å². The van der Waals surface area contributed by atoms with E-state index >= 15 is 0 Å². The highest BCUT2D eigenvalue weighted by atomic mass is 32.2. The van der Waals surface area contributed by atoms with E-state index in [4.69, 9.17) is 9.29 Å². The van der Waals surface area contributed by atoms with Gasteiger partial charge in [0.2, 0.25) is 0 Å². The molecule has 27 heavy (non-hydrogen) atoms. The number of fused-ring (bicyclic) bond motifs is 2. The lowest BCUT2D eigenvalue weighted by atomic mass is 9.89. The number of hydrogen-bond donors (Lipinski definition) is 1. The lowest BCUT2D eigenvalue weighted by molar-refractivity contribution is -0.162. The van der Waals surface area contributed by atoms with E-state index in [2.05, 4.69) is 4.74 Å². The van der Waals surface area contributed by atoms with Gasteiger partial charge in [-0.2, -0.15) is 17.2 Å². The van der Waals surface area contributed by atoms with Gasteiger partial charge in [0.25, 0.3) is 0 Å². The van der Waals surface area contributed by atoms with Crippen LogP contribution >= 0.6 is 0 Å². The van der Waals surface area contributed by atoms with Crippen LogP contribution in [0.3, 0.4) is 0 Å². The van der Waals surface area contributed by atoms with Gasteiger partial charge in [0.15, 0.2) is 0 Å². The van der Waals surface area contributed by atoms with Crippen LogP contribution in [0.5, 0.6) is 5.75 Å². The first-order valence-electron chi connectivity index (χ1n) is 8.41. The Morgan fingerprint density at radius 1 is 1.19 bits per heavy atom. The predicted octanol–water partition coefficient (Wildman–Crippen LogP) is 2.55. The minimum atomic E-state index is -5.94. The summed E-state index contributed by atoms with van der Waals surface area (Å²) in [5.74, 6) is -2.16. The molecule has 148 valence electrons. The second-order valence-corrected chi connectivity index (χ2v) is 8.34. The molecule has 0 aromatic heterocycles. The van der Waals surface area contributed by atoms with Crippen LogP contribution in [0, 0.1) is 17.8 Å². The van der Waals surface area contributed by atoms with Crippen molar-refractivity contribution >= 4 is 22.1 Å². The minimum absolute atomic E-state index is 0.0493. The van der Waals surface area contributed by atoms with E-state index in [1.54, 1.807) is 6.07 Å². The van der Waals surface area contributed by atoms with E-state index in [1.807, 2.05) is 0 Å². The van der Waals surface area contributed by atoms with Gasteiger partial charge in [-0.3, -0.25) is 9.35 Å². The minimum Gasteiger partial charge on any atom is -0.455 e. The summed E-state index contributed by atoms with van der Waals surface area (Å²) in [6.07, 6.45) is 3.86. The van der Waals surface area contributed by atoms with E-state index in [0.717, 1.165) is 25.7 Å². The van der Waals surface area contributed by atoms with Crippen LogP contribution < -0.4 is 4.74 Å². The molecular weight excluding hydrogens is 386 g/mol. The molecule has 2 bridgehead atoms. The average Bonchev–Trinajstić information content (AvgIpc) is 3.23. The Balaban J connectivity index is 1.66. The van der Waals surface area contributed by atoms with Gasteiger partial charge in [-0.05, 0) is 37.2 Å². The Morgan fingerprint density at radius 3 is 2.48 bits per heavy atom. The standard InChI is InChI=1S/C17H18F2O7S/c18-17(19,27(22,23)24)16(21)25-9-12-3-1-2-4-14(12)26-15(20)13-8-10-5-6-11(13)7-10/h1-4,10-11,13H,5-9H2,(H,22,23,24). The summed E-state index contributed by atoms with van der Waals surface area (Å²) in [5.41, 5.74) is 0.119. The molecule has 1 N–H and O–H groups in total. The summed E-state index contributed by atoms with van der Waals surface area (Å²) >= 11 is 0. The third-order valence-corrected chi connectivity index (χ3v) is 5.96. The van der Waals surface area contributed by atoms with E-state index < -0.39 is 33.9 Å². The van der Waals surface area contributed by atoms with Crippen LogP contribution in [0.2, 0.25) is 0 Å². The summed E-state index contributed by atoms with van der Waals surface area (Å²) in [5, 5.41) is -5.08. The largest absolute Gasteiger partial charge is 0.465 e. The molecule has 2 aliphatic rings. The van der Waals surface area contributed by atoms with Crippen LogP contribution in [0.15, 0.2) is 24.3 Å². The highest BCUT2D eigenvalue weighted by Crippen LogP contribution is 2.48. The maximum Gasteiger partial charge on any atom is 0.465 e.